The summed E-state index contributed by atoms with van der Waals surface area (Å²) in [5.74, 6) is 4.06. The number of benzene rings is 2. The van der Waals surface area contributed by atoms with E-state index in [-0.39, 0.29) is 12.1 Å². The van der Waals surface area contributed by atoms with Crippen LogP contribution in [0.1, 0.15) is 40.3 Å². The fourth-order valence-corrected chi connectivity index (χ4v) is 4.40. The lowest BCUT2D eigenvalue weighted by Gasteiger charge is -2.38. The molecular formula is C29H27F2N5O3. The number of aromatic hydroxyl groups is 1. The van der Waals surface area contributed by atoms with Crippen LogP contribution in [0.2, 0.25) is 0 Å². The number of carbonyl (C=O) groups is 1. The minimum atomic E-state index is -2.74. The second-order valence-electron chi connectivity index (χ2n) is 9.42. The molecule has 4 rings (SSSR count). The van der Waals surface area contributed by atoms with Gasteiger partial charge in [-0.05, 0) is 47.7 Å². The van der Waals surface area contributed by atoms with E-state index in [1.807, 2.05) is 24.3 Å². The van der Waals surface area contributed by atoms with Crippen molar-refractivity contribution in [3.63, 3.8) is 0 Å². The number of halogens is 2. The van der Waals surface area contributed by atoms with Crippen molar-refractivity contribution in [1.82, 2.24) is 20.2 Å². The largest absolute Gasteiger partial charge is 0.502 e. The zero-order chi connectivity index (χ0) is 27.8. The zero-order valence-electron chi connectivity index (χ0n) is 21.0. The van der Waals surface area contributed by atoms with Crippen molar-refractivity contribution in [1.29, 1.82) is 5.26 Å². The molecular weight excluding hydrogens is 504 g/mol. The molecule has 8 nitrogen and oxygen atoms in total. The van der Waals surface area contributed by atoms with E-state index >= 15 is 0 Å². The van der Waals surface area contributed by atoms with Gasteiger partial charge in [-0.25, -0.2) is 13.8 Å². The molecule has 39 heavy (non-hydrogen) atoms. The van der Waals surface area contributed by atoms with Crippen LogP contribution in [-0.4, -0.2) is 51.9 Å². The quantitative estimate of drug-likeness (QED) is 0.365. The van der Waals surface area contributed by atoms with Gasteiger partial charge in [-0.2, -0.15) is 5.26 Å². The predicted octanol–water partition coefficient (Wildman–Crippen LogP) is 2.93. The van der Waals surface area contributed by atoms with E-state index in [9.17, 15) is 23.5 Å². The van der Waals surface area contributed by atoms with E-state index in [1.165, 1.54) is 5.56 Å². The van der Waals surface area contributed by atoms with E-state index < -0.39 is 36.1 Å². The molecule has 0 radical (unpaired) electrons. The smallest absolute Gasteiger partial charge is 0.293 e. The van der Waals surface area contributed by atoms with Crippen LogP contribution in [0, 0.1) is 29.1 Å². The van der Waals surface area contributed by atoms with Crippen LogP contribution in [-0.2, 0) is 17.8 Å². The third-order valence-corrected chi connectivity index (χ3v) is 6.45. The predicted molar refractivity (Wildman–Crippen MR) is 140 cm³/mol. The van der Waals surface area contributed by atoms with E-state index in [2.05, 4.69) is 38.1 Å². The molecule has 0 bridgehead atoms. The van der Waals surface area contributed by atoms with Crippen LogP contribution in [0.15, 0.2) is 59.7 Å². The average molecular weight is 532 g/mol. The maximum atomic E-state index is 12.6. The van der Waals surface area contributed by atoms with Gasteiger partial charge < -0.3 is 15.4 Å². The first-order valence-electron chi connectivity index (χ1n) is 12.4. The van der Waals surface area contributed by atoms with Crippen LogP contribution in [0.4, 0.5) is 8.78 Å². The van der Waals surface area contributed by atoms with Crippen molar-refractivity contribution in [3.8, 4) is 23.7 Å². The summed E-state index contributed by atoms with van der Waals surface area (Å²) in [4.78, 5) is 32.9. The maximum absolute atomic E-state index is 12.6. The number of aromatic nitrogens is 2. The second kappa shape index (κ2) is 12.8. The molecule has 0 aliphatic carbocycles. The number of hydrogen-bond acceptors (Lipinski definition) is 6. The van der Waals surface area contributed by atoms with Crippen molar-refractivity contribution in [2.24, 2.45) is 5.92 Å². The number of nitrogens with zero attached hydrogens (tertiary/aromatic N) is 3. The van der Waals surface area contributed by atoms with Crippen molar-refractivity contribution < 1.29 is 18.7 Å². The molecule has 3 N–H and O–H groups in total. The van der Waals surface area contributed by atoms with Gasteiger partial charge in [0.1, 0.15) is 5.69 Å². The lowest BCUT2D eigenvalue weighted by atomic mass is 9.94. The first kappa shape index (κ1) is 27.5. The van der Waals surface area contributed by atoms with Gasteiger partial charge in [0.05, 0.1) is 24.9 Å². The summed E-state index contributed by atoms with van der Waals surface area (Å²) in [5.41, 5.74) is 2.45. The van der Waals surface area contributed by atoms with Crippen LogP contribution < -0.4 is 10.9 Å². The number of carbonyl (C=O) groups excluding carboxylic acids is 1. The Kier molecular flexibility index (Phi) is 9.03. The standard InChI is InChI=1S/C29H27F2N5O3/c30-25(31)14-33-28(38)24(26-27(37)29(39)35-18-34-26)13-21-7-3-19(4-8-21)1-2-20-5-9-22(10-6-20)15-36-16-23(17-36)11-12-32/h3-10,18,23-25,37H,11,13-17H2,(H,33,38)(H,34,35,39). The van der Waals surface area contributed by atoms with Crippen molar-refractivity contribution in [2.45, 2.75) is 31.7 Å². The summed E-state index contributed by atoms with van der Waals surface area (Å²) in [6, 6.07) is 17.3. The van der Waals surface area contributed by atoms with E-state index in [0.717, 1.165) is 37.1 Å². The Morgan fingerprint density at radius 3 is 2.31 bits per heavy atom. The van der Waals surface area contributed by atoms with Gasteiger partial charge in [0.2, 0.25) is 11.7 Å². The Morgan fingerprint density at radius 2 is 1.72 bits per heavy atom. The SMILES string of the molecule is N#CCC1CN(Cc2ccc(C#Cc3ccc(CC(C(=O)NCC(F)F)c4nc[nH]c(=O)c4O)cc3)cc2)C1. The lowest BCUT2D eigenvalue weighted by Crippen LogP contribution is -2.45. The molecule has 0 saturated carbocycles. The van der Waals surface area contributed by atoms with Gasteiger partial charge in [-0.3, -0.25) is 14.5 Å². The lowest BCUT2D eigenvalue weighted by molar-refractivity contribution is -0.123. The van der Waals surface area contributed by atoms with Crippen LogP contribution in [0.25, 0.3) is 0 Å². The average Bonchev–Trinajstić information content (AvgIpc) is 2.91. The topological polar surface area (TPSA) is 122 Å². The molecule has 10 heteroatoms. The summed E-state index contributed by atoms with van der Waals surface area (Å²) in [5, 5.41) is 21.0. The van der Waals surface area contributed by atoms with Crippen molar-refractivity contribution >= 4 is 5.91 Å². The fourth-order valence-electron chi connectivity index (χ4n) is 4.40. The van der Waals surface area contributed by atoms with Crippen LogP contribution in [0.5, 0.6) is 5.75 Å². The van der Waals surface area contributed by atoms with Crippen LogP contribution in [0.3, 0.4) is 0 Å². The highest BCUT2D eigenvalue weighted by molar-refractivity contribution is 5.84. The molecule has 3 aromatic rings. The monoisotopic (exact) mass is 531 g/mol. The van der Waals surface area contributed by atoms with Crippen LogP contribution >= 0.6 is 0 Å². The number of amides is 1. The summed E-state index contributed by atoms with van der Waals surface area (Å²) < 4.78 is 25.3. The third-order valence-electron chi connectivity index (χ3n) is 6.45. The Balaban J connectivity index is 1.40. The first-order chi connectivity index (χ1) is 18.8. The molecule has 1 unspecified atom stereocenters. The molecule has 1 aromatic heterocycles. The second-order valence-corrected chi connectivity index (χ2v) is 9.42. The van der Waals surface area contributed by atoms with Crippen molar-refractivity contribution in [3.05, 3.63) is 93.2 Å². The van der Waals surface area contributed by atoms with Gasteiger partial charge in [0.25, 0.3) is 12.0 Å². The number of aromatic amines is 1. The fraction of sp³-hybridized carbons (Fsp3) is 0.310. The number of H-pyrrole nitrogens is 1. The summed E-state index contributed by atoms with van der Waals surface area (Å²) in [7, 11) is 0. The van der Waals surface area contributed by atoms with Crippen molar-refractivity contribution in [2.75, 3.05) is 19.6 Å². The zero-order valence-corrected chi connectivity index (χ0v) is 21.0. The van der Waals surface area contributed by atoms with Gasteiger partial charge in [0, 0.05) is 37.2 Å². The number of alkyl halides is 2. The Labute approximate surface area is 224 Å². The molecule has 2 heterocycles. The molecule has 1 aliphatic rings. The molecule has 1 atom stereocenters. The molecule has 1 fully saturated rings. The molecule has 1 aliphatic heterocycles. The summed E-state index contributed by atoms with van der Waals surface area (Å²) in [6.45, 7) is 1.90. The number of rotatable bonds is 9. The minimum absolute atomic E-state index is 0.0303. The minimum Gasteiger partial charge on any atom is -0.502 e. The molecule has 1 amide bonds. The summed E-state index contributed by atoms with van der Waals surface area (Å²) in [6.07, 6.45) is -1.05. The highest BCUT2D eigenvalue weighted by Crippen LogP contribution is 2.25. The van der Waals surface area contributed by atoms with Gasteiger partial charge in [-0.15, -0.1) is 0 Å². The first-order valence-corrected chi connectivity index (χ1v) is 12.4. The molecule has 200 valence electrons. The van der Waals surface area contributed by atoms with Gasteiger partial charge in [-0.1, -0.05) is 36.1 Å². The van der Waals surface area contributed by atoms with Gasteiger partial charge >= 0.3 is 0 Å². The maximum Gasteiger partial charge on any atom is 0.293 e. The molecule has 1 saturated heterocycles. The third kappa shape index (κ3) is 7.50. The molecule has 0 spiro atoms. The summed E-state index contributed by atoms with van der Waals surface area (Å²) >= 11 is 0. The van der Waals surface area contributed by atoms with E-state index in [0.29, 0.717) is 17.9 Å². The Bertz CT molecular complexity index is 1450. The molecule has 2 aromatic carbocycles. The number of nitrogens with one attached hydrogen (secondary N) is 2. The number of nitriles is 1. The Hall–Kier alpha value is -4.54. The highest BCUT2D eigenvalue weighted by Gasteiger charge is 2.27. The number of hydrogen-bond donors (Lipinski definition) is 3. The normalized spacial score (nSPS) is 14.1. The van der Waals surface area contributed by atoms with Gasteiger partial charge in [0.15, 0.2) is 0 Å². The van der Waals surface area contributed by atoms with E-state index in [4.69, 9.17) is 5.26 Å². The van der Waals surface area contributed by atoms with E-state index in [1.54, 1.807) is 24.3 Å². The number of likely N-dealkylation sites (tertiary alicyclic amines) is 1. The Morgan fingerprint density at radius 1 is 1.10 bits per heavy atom. The highest BCUT2D eigenvalue weighted by atomic mass is 19.3.